The van der Waals surface area contributed by atoms with Crippen molar-refractivity contribution in [3.05, 3.63) is 82.7 Å². The molecular formula is C23H18F4N2O. The van der Waals surface area contributed by atoms with Crippen LogP contribution in [-0.4, -0.2) is 10.5 Å². The van der Waals surface area contributed by atoms with E-state index in [1.54, 1.807) is 18.2 Å². The quantitative estimate of drug-likeness (QED) is 0.430. The van der Waals surface area contributed by atoms with Crippen molar-refractivity contribution in [2.24, 2.45) is 5.73 Å². The lowest BCUT2D eigenvalue weighted by molar-refractivity contribution is -0.137. The van der Waals surface area contributed by atoms with Crippen molar-refractivity contribution < 1.29 is 22.4 Å². The van der Waals surface area contributed by atoms with E-state index in [9.17, 15) is 22.4 Å². The Bertz CT molecular complexity index is 1290. The average molecular weight is 414 g/mol. The fourth-order valence-corrected chi connectivity index (χ4v) is 3.81. The van der Waals surface area contributed by atoms with E-state index in [1.807, 2.05) is 29.7 Å². The molecule has 0 atom stereocenters. The minimum Gasteiger partial charge on any atom is -0.366 e. The van der Waals surface area contributed by atoms with Gasteiger partial charge in [-0.1, -0.05) is 31.2 Å². The highest BCUT2D eigenvalue weighted by molar-refractivity contribution is 6.17. The van der Waals surface area contributed by atoms with Gasteiger partial charge in [-0.05, 0) is 42.3 Å². The molecule has 0 bridgehead atoms. The van der Waals surface area contributed by atoms with E-state index in [-0.39, 0.29) is 12.1 Å². The third-order valence-corrected chi connectivity index (χ3v) is 5.34. The standard InChI is InChI=1S/C23H18F4N2O/c1-2-13-6-9-16-20(10-13)29(19-5-3-4-17(21(16)19)22(28)30)12-14-7-8-15(11-18(14)24)23(25,26)27/h3-11H,2,12H2,1H3,(H2,28,30). The number of halogens is 4. The van der Waals surface area contributed by atoms with Crippen molar-refractivity contribution in [1.82, 2.24) is 4.57 Å². The summed E-state index contributed by atoms with van der Waals surface area (Å²) in [6, 6.07) is 13.4. The molecule has 0 saturated carbocycles. The zero-order valence-electron chi connectivity index (χ0n) is 16.1. The van der Waals surface area contributed by atoms with Crippen molar-refractivity contribution >= 4 is 27.7 Å². The molecule has 4 aromatic rings. The van der Waals surface area contributed by atoms with Crippen molar-refractivity contribution in [2.75, 3.05) is 0 Å². The monoisotopic (exact) mass is 414 g/mol. The molecule has 3 aromatic carbocycles. The summed E-state index contributed by atoms with van der Waals surface area (Å²) >= 11 is 0. The summed E-state index contributed by atoms with van der Waals surface area (Å²) in [7, 11) is 0. The summed E-state index contributed by atoms with van der Waals surface area (Å²) in [6.45, 7) is 2.01. The van der Waals surface area contributed by atoms with Crippen molar-refractivity contribution in [3.8, 4) is 0 Å². The lowest BCUT2D eigenvalue weighted by atomic mass is 10.0. The third-order valence-electron chi connectivity index (χ3n) is 5.34. The first-order valence-electron chi connectivity index (χ1n) is 9.40. The Kier molecular flexibility index (Phi) is 4.76. The molecule has 3 nitrogen and oxygen atoms in total. The van der Waals surface area contributed by atoms with E-state index >= 15 is 0 Å². The van der Waals surface area contributed by atoms with Crippen LogP contribution in [-0.2, 0) is 19.1 Å². The number of amides is 1. The van der Waals surface area contributed by atoms with Gasteiger partial charge in [0.15, 0.2) is 0 Å². The number of primary amides is 1. The molecule has 2 N–H and O–H groups in total. The van der Waals surface area contributed by atoms with Crippen LogP contribution in [0.4, 0.5) is 17.6 Å². The van der Waals surface area contributed by atoms with E-state index in [1.165, 1.54) is 0 Å². The molecule has 0 fully saturated rings. The van der Waals surface area contributed by atoms with Crippen LogP contribution in [0.15, 0.2) is 54.6 Å². The summed E-state index contributed by atoms with van der Waals surface area (Å²) in [5.74, 6) is -1.52. The molecule has 1 aromatic heterocycles. The number of aryl methyl sites for hydroxylation is 1. The second-order valence-electron chi connectivity index (χ2n) is 7.16. The van der Waals surface area contributed by atoms with Gasteiger partial charge in [0.25, 0.3) is 0 Å². The highest BCUT2D eigenvalue weighted by Gasteiger charge is 2.31. The van der Waals surface area contributed by atoms with Gasteiger partial charge < -0.3 is 10.3 Å². The topological polar surface area (TPSA) is 48.0 Å². The number of hydrogen-bond acceptors (Lipinski definition) is 1. The number of fused-ring (bicyclic) bond motifs is 3. The van der Waals surface area contributed by atoms with E-state index in [0.29, 0.717) is 22.5 Å². The Hall–Kier alpha value is -3.35. The van der Waals surface area contributed by atoms with E-state index in [2.05, 4.69) is 0 Å². The fraction of sp³-hybridized carbons (Fsp3) is 0.174. The average Bonchev–Trinajstić information content (AvgIpc) is 3.01. The van der Waals surface area contributed by atoms with Gasteiger partial charge in [-0.15, -0.1) is 0 Å². The van der Waals surface area contributed by atoms with Gasteiger partial charge >= 0.3 is 6.18 Å². The highest BCUT2D eigenvalue weighted by atomic mass is 19.4. The van der Waals surface area contributed by atoms with Gasteiger partial charge in [-0.2, -0.15) is 13.2 Å². The predicted molar refractivity (Wildman–Crippen MR) is 108 cm³/mol. The minimum atomic E-state index is -4.61. The van der Waals surface area contributed by atoms with Gasteiger partial charge in [-0.3, -0.25) is 4.79 Å². The fourth-order valence-electron chi connectivity index (χ4n) is 3.81. The van der Waals surface area contributed by atoms with Crippen LogP contribution in [0.2, 0.25) is 0 Å². The molecule has 0 radical (unpaired) electrons. The lowest BCUT2D eigenvalue weighted by Crippen LogP contribution is -2.11. The maximum atomic E-state index is 14.5. The Morgan fingerprint density at radius 2 is 1.80 bits per heavy atom. The van der Waals surface area contributed by atoms with E-state index in [0.717, 1.165) is 35.0 Å². The third kappa shape index (κ3) is 3.30. The minimum absolute atomic E-state index is 0.0132. The first-order chi connectivity index (χ1) is 14.2. The molecule has 0 unspecified atom stereocenters. The molecular weight excluding hydrogens is 396 g/mol. The van der Waals surface area contributed by atoms with Crippen molar-refractivity contribution in [3.63, 3.8) is 0 Å². The summed E-state index contributed by atoms with van der Waals surface area (Å²) in [4.78, 5) is 12.0. The van der Waals surface area contributed by atoms with E-state index in [4.69, 9.17) is 5.73 Å². The number of carbonyl (C=O) groups is 1. The molecule has 0 aliphatic rings. The smallest absolute Gasteiger partial charge is 0.366 e. The zero-order chi connectivity index (χ0) is 21.6. The molecule has 4 rings (SSSR count). The van der Waals surface area contributed by atoms with Crippen LogP contribution in [0.25, 0.3) is 21.8 Å². The van der Waals surface area contributed by atoms with Gasteiger partial charge in [0.2, 0.25) is 5.91 Å². The van der Waals surface area contributed by atoms with Gasteiger partial charge in [-0.25, -0.2) is 4.39 Å². The van der Waals surface area contributed by atoms with Gasteiger partial charge in [0, 0.05) is 27.4 Å². The molecule has 30 heavy (non-hydrogen) atoms. The maximum Gasteiger partial charge on any atom is 0.416 e. The number of alkyl halides is 3. The van der Waals surface area contributed by atoms with Crippen molar-refractivity contribution in [2.45, 2.75) is 26.1 Å². The molecule has 1 heterocycles. The van der Waals surface area contributed by atoms with E-state index < -0.39 is 23.5 Å². The normalized spacial score (nSPS) is 12.0. The maximum absolute atomic E-state index is 14.5. The molecule has 7 heteroatoms. The van der Waals surface area contributed by atoms with Crippen molar-refractivity contribution in [1.29, 1.82) is 0 Å². The molecule has 0 aliphatic heterocycles. The van der Waals surface area contributed by atoms with Crippen LogP contribution in [0.5, 0.6) is 0 Å². The van der Waals surface area contributed by atoms with Gasteiger partial charge in [0.05, 0.1) is 17.6 Å². The van der Waals surface area contributed by atoms with Crippen LogP contribution in [0.3, 0.4) is 0 Å². The molecule has 0 saturated heterocycles. The summed E-state index contributed by atoms with van der Waals surface area (Å²) < 4.78 is 55.0. The Morgan fingerprint density at radius 3 is 2.43 bits per heavy atom. The number of nitrogens with zero attached hydrogens (tertiary/aromatic N) is 1. The second-order valence-corrected chi connectivity index (χ2v) is 7.16. The molecule has 154 valence electrons. The number of aromatic nitrogens is 1. The largest absolute Gasteiger partial charge is 0.416 e. The van der Waals surface area contributed by atoms with Crippen LogP contribution >= 0.6 is 0 Å². The first kappa shape index (κ1) is 19.9. The van der Waals surface area contributed by atoms with Crippen LogP contribution in [0, 0.1) is 5.82 Å². The summed E-state index contributed by atoms with van der Waals surface area (Å²) in [5.41, 5.74) is 7.45. The SMILES string of the molecule is CCc1ccc2c3c(C(N)=O)cccc3n(Cc3ccc(C(F)(F)F)cc3F)c2c1. The summed E-state index contributed by atoms with van der Waals surface area (Å²) in [5, 5.41) is 1.43. The molecule has 0 aliphatic carbocycles. The molecule has 0 spiro atoms. The zero-order valence-corrected chi connectivity index (χ0v) is 16.1. The molecule has 1 amide bonds. The predicted octanol–water partition coefficient (Wildman–Crippen LogP) is 5.66. The summed E-state index contributed by atoms with van der Waals surface area (Å²) in [6.07, 6.45) is -3.84. The Morgan fingerprint density at radius 1 is 1.03 bits per heavy atom. The number of carbonyl (C=O) groups excluding carboxylic acids is 1. The first-order valence-corrected chi connectivity index (χ1v) is 9.40. The highest BCUT2D eigenvalue weighted by Crippen LogP contribution is 2.34. The number of nitrogens with two attached hydrogens (primary N) is 1. The number of hydrogen-bond donors (Lipinski definition) is 1. The lowest BCUT2D eigenvalue weighted by Gasteiger charge is -2.12. The Labute approximate surface area is 169 Å². The number of benzene rings is 3. The van der Waals surface area contributed by atoms with Crippen LogP contribution < -0.4 is 5.73 Å². The van der Waals surface area contributed by atoms with Gasteiger partial charge in [0.1, 0.15) is 5.82 Å². The Balaban J connectivity index is 1.96. The number of rotatable bonds is 4. The van der Waals surface area contributed by atoms with Crippen LogP contribution in [0.1, 0.15) is 34.0 Å². The second kappa shape index (κ2) is 7.16.